The SMILES string of the molecule is Cn1c(N(Cc2ccc(Cl)c(Cl)c2)c2ccnc(CCC(=O)O)c2)nc2c1c(=O)[nH]c(=O)n2C. The molecule has 10 nitrogen and oxygen atoms in total. The van der Waals surface area contributed by atoms with Crippen LogP contribution in [0.4, 0.5) is 11.6 Å². The fraction of sp³-hybridized carbons (Fsp3) is 0.227. The fourth-order valence-electron chi connectivity index (χ4n) is 3.64. The summed E-state index contributed by atoms with van der Waals surface area (Å²) in [6, 6.07) is 8.76. The Labute approximate surface area is 203 Å². The number of imidazole rings is 1. The van der Waals surface area contributed by atoms with Crippen molar-refractivity contribution in [1.29, 1.82) is 0 Å². The lowest BCUT2D eigenvalue weighted by Gasteiger charge is -2.24. The Morgan fingerprint density at radius 1 is 1.12 bits per heavy atom. The van der Waals surface area contributed by atoms with Crippen molar-refractivity contribution in [2.45, 2.75) is 19.4 Å². The third-order valence-electron chi connectivity index (χ3n) is 5.38. The van der Waals surface area contributed by atoms with Crippen LogP contribution in [0.2, 0.25) is 10.0 Å². The van der Waals surface area contributed by atoms with Crippen LogP contribution in [0, 0.1) is 0 Å². The molecule has 0 spiro atoms. The molecule has 0 saturated heterocycles. The smallest absolute Gasteiger partial charge is 0.329 e. The summed E-state index contributed by atoms with van der Waals surface area (Å²) in [6.45, 7) is 0.294. The van der Waals surface area contributed by atoms with E-state index in [9.17, 15) is 14.4 Å². The van der Waals surface area contributed by atoms with E-state index in [-0.39, 0.29) is 24.0 Å². The van der Waals surface area contributed by atoms with Gasteiger partial charge in [0.1, 0.15) is 0 Å². The number of carboxylic acid groups (broad SMARTS) is 1. The largest absolute Gasteiger partial charge is 0.481 e. The first-order chi connectivity index (χ1) is 16.2. The molecule has 0 aliphatic rings. The normalized spacial score (nSPS) is 11.2. The van der Waals surface area contributed by atoms with Crippen LogP contribution in [-0.2, 0) is 31.9 Å². The third kappa shape index (κ3) is 4.55. The predicted molar refractivity (Wildman–Crippen MR) is 129 cm³/mol. The molecule has 0 saturated carbocycles. The Kier molecular flexibility index (Phi) is 6.45. The number of nitrogens with zero attached hydrogens (tertiary/aromatic N) is 5. The number of nitrogens with one attached hydrogen (secondary N) is 1. The van der Waals surface area contributed by atoms with Gasteiger partial charge in [0.15, 0.2) is 11.2 Å². The van der Waals surface area contributed by atoms with Crippen molar-refractivity contribution in [3.8, 4) is 0 Å². The molecule has 12 heteroatoms. The van der Waals surface area contributed by atoms with Crippen LogP contribution in [-0.4, -0.2) is 35.2 Å². The molecule has 0 unspecified atom stereocenters. The van der Waals surface area contributed by atoms with E-state index in [1.165, 1.54) is 11.6 Å². The number of hydrogen-bond acceptors (Lipinski definition) is 6. The van der Waals surface area contributed by atoms with E-state index in [0.717, 1.165) is 5.56 Å². The van der Waals surface area contributed by atoms with E-state index < -0.39 is 17.2 Å². The Hall–Kier alpha value is -3.63. The molecule has 2 N–H and O–H groups in total. The zero-order chi connectivity index (χ0) is 24.6. The van der Waals surface area contributed by atoms with E-state index in [1.807, 2.05) is 11.0 Å². The first-order valence-corrected chi connectivity index (χ1v) is 10.9. The van der Waals surface area contributed by atoms with Crippen LogP contribution in [0.3, 0.4) is 0 Å². The number of halogens is 2. The van der Waals surface area contributed by atoms with Gasteiger partial charge >= 0.3 is 11.7 Å². The van der Waals surface area contributed by atoms with Crippen molar-refractivity contribution >= 4 is 52.0 Å². The molecule has 0 atom stereocenters. The summed E-state index contributed by atoms with van der Waals surface area (Å²) >= 11 is 12.3. The first-order valence-electron chi connectivity index (χ1n) is 10.2. The summed E-state index contributed by atoms with van der Waals surface area (Å²) < 4.78 is 2.87. The molecule has 0 aliphatic heterocycles. The van der Waals surface area contributed by atoms with Gasteiger partial charge in [0.05, 0.1) is 23.0 Å². The van der Waals surface area contributed by atoms with Crippen molar-refractivity contribution in [3.63, 3.8) is 0 Å². The molecule has 4 aromatic rings. The second-order valence-electron chi connectivity index (χ2n) is 7.70. The van der Waals surface area contributed by atoms with Crippen LogP contribution < -0.4 is 16.1 Å². The highest BCUT2D eigenvalue weighted by atomic mass is 35.5. The summed E-state index contributed by atoms with van der Waals surface area (Å²) in [5, 5.41) is 9.84. The van der Waals surface area contributed by atoms with Gasteiger partial charge in [0.25, 0.3) is 5.56 Å². The number of pyridine rings is 1. The number of fused-ring (bicyclic) bond motifs is 1. The minimum Gasteiger partial charge on any atom is -0.481 e. The van der Waals surface area contributed by atoms with E-state index in [2.05, 4.69) is 15.0 Å². The minimum atomic E-state index is -0.921. The molecular formula is C22H20Cl2N6O4. The topological polar surface area (TPSA) is 126 Å². The number of aromatic nitrogens is 5. The van der Waals surface area contributed by atoms with E-state index >= 15 is 0 Å². The molecule has 0 bridgehead atoms. The average Bonchev–Trinajstić information content (AvgIpc) is 3.14. The highest BCUT2D eigenvalue weighted by Crippen LogP contribution is 2.30. The minimum absolute atomic E-state index is 0.0625. The number of carbonyl (C=O) groups is 1. The van der Waals surface area contributed by atoms with Gasteiger partial charge in [-0.3, -0.25) is 24.1 Å². The van der Waals surface area contributed by atoms with Crippen molar-refractivity contribution in [2.75, 3.05) is 4.90 Å². The summed E-state index contributed by atoms with van der Waals surface area (Å²) in [7, 11) is 3.20. The van der Waals surface area contributed by atoms with Gasteiger partial charge in [-0.05, 0) is 29.8 Å². The average molecular weight is 503 g/mol. The highest BCUT2D eigenvalue weighted by Gasteiger charge is 2.22. The second kappa shape index (κ2) is 9.32. The van der Waals surface area contributed by atoms with Gasteiger partial charge in [0.2, 0.25) is 5.95 Å². The molecule has 3 heterocycles. The number of aryl methyl sites for hydroxylation is 3. The van der Waals surface area contributed by atoms with E-state index in [1.54, 1.807) is 42.1 Å². The number of anilines is 2. The van der Waals surface area contributed by atoms with Crippen LogP contribution in [0.25, 0.3) is 11.2 Å². The van der Waals surface area contributed by atoms with Gasteiger partial charge in [-0.15, -0.1) is 0 Å². The Bertz CT molecular complexity index is 1520. The number of hydrogen-bond donors (Lipinski definition) is 2. The highest BCUT2D eigenvalue weighted by molar-refractivity contribution is 6.42. The summed E-state index contributed by atoms with van der Waals surface area (Å²) in [5.41, 5.74) is 1.41. The van der Waals surface area contributed by atoms with Gasteiger partial charge in [-0.25, -0.2) is 4.79 Å². The molecular weight excluding hydrogens is 483 g/mol. The van der Waals surface area contributed by atoms with Crippen LogP contribution >= 0.6 is 23.2 Å². The maximum Gasteiger partial charge on any atom is 0.329 e. The standard InChI is InChI=1S/C22H20Cl2N6O4/c1-28-18-19(29(2)22(34)27-20(18)33)26-21(28)30(11-12-3-5-15(23)16(24)9-12)14-7-8-25-13(10-14)4-6-17(31)32/h3,5,7-10H,4,6,11H2,1-2H3,(H,31,32)(H,27,33,34). The lowest BCUT2D eigenvalue weighted by Crippen LogP contribution is -2.29. The van der Waals surface area contributed by atoms with Gasteiger partial charge in [-0.1, -0.05) is 29.3 Å². The number of H-pyrrole nitrogens is 1. The van der Waals surface area contributed by atoms with Gasteiger partial charge < -0.3 is 14.6 Å². The quantitative estimate of drug-likeness (QED) is 0.397. The lowest BCUT2D eigenvalue weighted by molar-refractivity contribution is -0.136. The molecule has 0 fully saturated rings. The number of rotatable bonds is 7. The maximum atomic E-state index is 12.5. The fourth-order valence-corrected chi connectivity index (χ4v) is 3.96. The Morgan fingerprint density at radius 2 is 1.88 bits per heavy atom. The second-order valence-corrected chi connectivity index (χ2v) is 8.51. The lowest BCUT2D eigenvalue weighted by atomic mass is 10.1. The van der Waals surface area contributed by atoms with Crippen LogP contribution in [0.1, 0.15) is 17.7 Å². The van der Waals surface area contributed by atoms with Crippen LogP contribution in [0.15, 0.2) is 46.1 Å². The molecule has 0 radical (unpaired) electrons. The van der Waals surface area contributed by atoms with E-state index in [0.29, 0.717) is 33.9 Å². The van der Waals surface area contributed by atoms with Crippen molar-refractivity contribution in [2.24, 2.45) is 14.1 Å². The van der Waals surface area contributed by atoms with Crippen molar-refractivity contribution in [1.82, 2.24) is 24.1 Å². The molecule has 0 amide bonds. The number of aliphatic carboxylic acids is 1. The van der Waals surface area contributed by atoms with Crippen LogP contribution in [0.5, 0.6) is 0 Å². The molecule has 34 heavy (non-hydrogen) atoms. The number of benzene rings is 1. The summed E-state index contributed by atoms with van der Waals surface area (Å²) in [5.74, 6) is -0.529. The maximum absolute atomic E-state index is 12.5. The zero-order valence-electron chi connectivity index (χ0n) is 18.2. The summed E-state index contributed by atoms with van der Waals surface area (Å²) in [4.78, 5) is 48.7. The van der Waals surface area contributed by atoms with E-state index in [4.69, 9.17) is 28.3 Å². The molecule has 3 aromatic heterocycles. The predicted octanol–water partition coefficient (Wildman–Crippen LogP) is 3.02. The monoisotopic (exact) mass is 502 g/mol. The Morgan fingerprint density at radius 3 is 2.59 bits per heavy atom. The van der Waals surface area contributed by atoms with Crippen molar-refractivity contribution in [3.05, 3.63) is 78.7 Å². The number of carboxylic acids is 1. The molecule has 1 aromatic carbocycles. The first kappa shape index (κ1) is 23.5. The molecule has 4 rings (SSSR count). The summed E-state index contributed by atoms with van der Waals surface area (Å²) in [6.07, 6.45) is 1.77. The molecule has 0 aliphatic carbocycles. The van der Waals surface area contributed by atoms with Gasteiger partial charge in [-0.2, -0.15) is 4.98 Å². The molecule has 176 valence electrons. The Balaban J connectivity index is 1.88. The van der Waals surface area contributed by atoms with Gasteiger partial charge in [0, 0.05) is 38.1 Å². The third-order valence-corrected chi connectivity index (χ3v) is 6.12. The van der Waals surface area contributed by atoms with Crippen molar-refractivity contribution < 1.29 is 9.90 Å². The zero-order valence-corrected chi connectivity index (χ0v) is 19.8. The number of aromatic amines is 1.